The molecule has 0 spiro atoms. The SMILES string of the molecule is CCCCC(NS(=O)(=O)c1ccc(C#N)cc1)C(=O)NCC(=O)NC(c1ccccc1)c1ccccc1. The van der Waals surface area contributed by atoms with Gasteiger partial charge in [0.25, 0.3) is 0 Å². The maximum absolute atomic E-state index is 12.9. The fourth-order valence-corrected chi connectivity index (χ4v) is 5.00. The Balaban J connectivity index is 1.67. The quantitative estimate of drug-likeness (QED) is 0.338. The standard InChI is InChI=1S/C28H30N4O4S/c1-2-3-14-25(32-37(35,36)24-17-15-21(19-29)16-18-24)28(34)30-20-26(33)31-27(22-10-6-4-7-11-22)23-12-8-5-9-13-23/h4-13,15-18,25,27,32H,2-3,14,20H2,1H3,(H,30,34)(H,31,33). The van der Waals surface area contributed by atoms with E-state index in [1.165, 1.54) is 24.3 Å². The van der Waals surface area contributed by atoms with Crippen LogP contribution in [-0.4, -0.2) is 32.8 Å². The first-order valence-corrected chi connectivity index (χ1v) is 13.5. The van der Waals surface area contributed by atoms with Crippen molar-refractivity contribution in [1.82, 2.24) is 15.4 Å². The van der Waals surface area contributed by atoms with E-state index in [2.05, 4.69) is 15.4 Å². The molecule has 1 atom stereocenters. The lowest BCUT2D eigenvalue weighted by atomic mass is 9.99. The molecule has 9 heteroatoms. The molecule has 0 aliphatic rings. The molecule has 0 aromatic heterocycles. The number of carbonyl (C=O) groups excluding carboxylic acids is 2. The van der Waals surface area contributed by atoms with Crippen LogP contribution in [0.25, 0.3) is 0 Å². The summed E-state index contributed by atoms with van der Waals surface area (Å²) in [5, 5.41) is 14.5. The number of hydrogen-bond donors (Lipinski definition) is 3. The summed E-state index contributed by atoms with van der Waals surface area (Å²) in [7, 11) is -4.01. The van der Waals surface area contributed by atoms with Crippen LogP contribution < -0.4 is 15.4 Å². The summed E-state index contributed by atoms with van der Waals surface area (Å²) >= 11 is 0. The summed E-state index contributed by atoms with van der Waals surface area (Å²) in [6.07, 6.45) is 1.65. The Morgan fingerprint density at radius 2 is 1.46 bits per heavy atom. The van der Waals surface area contributed by atoms with Crippen LogP contribution >= 0.6 is 0 Å². The first-order chi connectivity index (χ1) is 17.8. The summed E-state index contributed by atoms with van der Waals surface area (Å²) in [5.41, 5.74) is 2.11. The summed E-state index contributed by atoms with van der Waals surface area (Å²) in [5.74, 6) is -0.993. The van der Waals surface area contributed by atoms with E-state index in [1.54, 1.807) is 0 Å². The molecule has 1 unspecified atom stereocenters. The van der Waals surface area contributed by atoms with E-state index in [4.69, 9.17) is 5.26 Å². The van der Waals surface area contributed by atoms with Crippen molar-refractivity contribution in [2.75, 3.05) is 6.54 Å². The van der Waals surface area contributed by atoms with Crippen LogP contribution in [-0.2, 0) is 19.6 Å². The largest absolute Gasteiger partial charge is 0.346 e. The van der Waals surface area contributed by atoms with Gasteiger partial charge >= 0.3 is 0 Å². The highest BCUT2D eigenvalue weighted by Crippen LogP contribution is 2.21. The highest BCUT2D eigenvalue weighted by atomic mass is 32.2. The first kappa shape index (κ1) is 27.6. The molecule has 3 aromatic carbocycles. The molecular weight excluding hydrogens is 488 g/mol. The third-order valence-electron chi connectivity index (χ3n) is 5.75. The Morgan fingerprint density at radius 1 is 0.892 bits per heavy atom. The highest BCUT2D eigenvalue weighted by molar-refractivity contribution is 7.89. The van der Waals surface area contributed by atoms with Gasteiger partial charge in [-0.05, 0) is 41.8 Å². The smallest absolute Gasteiger partial charge is 0.241 e. The Bertz CT molecular complexity index is 1280. The van der Waals surface area contributed by atoms with E-state index >= 15 is 0 Å². The average Bonchev–Trinajstić information content (AvgIpc) is 2.93. The maximum atomic E-state index is 12.9. The number of nitrogens with zero attached hydrogens (tertiary/aromatic N) is 1. The third-order valence-corrected chi connectivity index (χ3v) is 7.24. The van der Waals surface area contributed by atoms with Crippen molar-refractivity contribution in [3.05, 3.63) is 102 Å². The summed E-state index contributed by atoms with van der Waals surface area (Å²) in [4.78, 5) is 25.7. The number of hydrogen-bond acceptors (Lipinski definition) is 5. The monoisotopic (exact) mass is 518 g/mol. The topological polar surface area (TPSA) is 128 Å². The Hall–Kier alpha value is -4.00. The number of nitriles is 1. The zero-order valence-electron chi connectivity index (χ0n) is 20.6. The molecule has 0 saturated heterocycles. The van der Waals surface area contributed by atoms with E-state index in [-0.39, 0.29) is 17.9 Å². The van der Waals surface area contributed by atoms with Crippen LogP contribution in [0.1, 0.15) is 48.9 Å². The summed E-state index contributed by atoms with van der Waals surface area (Å²) < 4.78 is 28.2. The molecule has 0 bridgehead atoms. The molecule has 0 radical (unpaired) electrons. The number of rotatable bonds is 12. The van der Waals surface area contributed by atoms with Gasteiger partial charge in [-0.3, -0.25) is 9.59 Å². The molecule has 0 saturated carbocycles. The van der Waals surface area contributed by atoms with Crippen LogP contribution in [0.5, 0.6) is 0 Å². The molecule has 3 N–H and O–H groups in total. The number of unbranched alkanes of at least 4 members (excludes halogenated alkanes) is 1. The Labute approximate surface area is 217 Å². The van der Waals surface area contributed by atoms with Crippen molar-refractivity contribution in [3.8, 4) is 6.07 Å². The lowest BCUT2D eigenvalue weighted by molar-refractivity contribution is -0.127. The number of nitrogens with one attached hydrogen (secondary N) is 3. The van der Waals surface area contributed by atoms with E-state index in [9.17, 15) is 18.0 Å². The molecule has 0 aliphatic carbocycles. The van der Waals surface area contributed by atoms with Crippen LogP contribution in [0.2, 0.25) is 0 Å². The van der Waals surface area contributed by atoms with E-state index in [0.717, 1.165) is 17.5 Å². The van der Waals surface area contributed by atoms with Gasteiger partial charge in [-0.1, -0.05) is 80.4 Å². The van der Waals surface area contributed by atoms with E-state index in [0.29, 0.717) is 12.0 Å². The second-order valence-corrected chi connectivity index (χ2v) is 10.2. The lowest BCUT2D eigenvalue weighted by Crippen LogP contribution is -2.49. The van der Waals surface area contributed by atoms with Gasteiger partial charge in [-0.15, -0.1) is 0 Å². The fourth-order valence-electron chi connectivity index (χ4n) is 3.77. The molecule has 3 rings (SSSR count). The minimum absolute atomic E-state index is 0.0490. The molecule has 0 fully saturated rings. The fraction of sp³-hybridized carbons (Fsp3) is 0.250. The van der Waals surface area contributed by atoms with Gasteiger partial charge in [0, 0.05) is 0 Å². The second-order valence-electron chi connectivity index (χ2n) is 8.49. The van der Waals surface area contributed by atoms with Gasteiger partial charge in [0.15, 0.2) is 0 Å². The van der Waals surface area contributed by atoms with Gasteiger partial charge in [0.2, 0.25) is 21.8 Å². The van der Waals surface area contributed by atoms with E-state index < -0.39 is 33.9 Å². The lowest BCUT2D eigenvalue weighted by Gasteiger charge is -2.21. The molecule has 192 valence electrons. The normalized spacial score (nSPS) is 11.9. The highest BCUT2D eigenvalue weighted by Gasteiger charge is 2.26. The van der Waals surface area contributed by atoms with Gasteiger partial charge in [-0.25, -0.2) is 8.42 Å². The number of benzene rings is 3. The van der Waals surface area contributed by atoms with Crippen molar-refractivity contribution in [2.45, 2.75) is 43.2 Å². The van der Waals surface area contributed by atoms with Gasteiger partial charge in [0.1, 0.15) is 6.04 Å². The van der Waals surface area contributed by atoms with Crippen molar-refractivity contribution >= 4 is 21.8 Å². The molecule has 8 nitrogen and oxygen atoms in total. The molecule has 0 aliphatic heterocycles. The number of carbonyl (C=O) groups is 2. The van der Waals surface area contributed by atoms with Crippen molar-refractivity contribution in [1.29, 1.82) is 5.26 Å². The van der Waals surface area contributed by atoms with Crippen LogP contribution in [0.4, 0.5) is 0 Å². The zero-order chi connectivity index (χ0) is 26.7. The maximum Gasteiger partial charge on any atom is 0.241 e. The molecule has 2 amide bonds. The molecule has 3 aromatic rings. The first-order valence-electron chi connectivity index (χ1n) is 12.0. The van der Waals surface area contributed by atoms with Crippen molar-refractivity contribution in [3.63, 3.8) is 0 Å². The minimum Gasteiger partial charge on any atom is -0.346 e. The van der Waals surface area contributed by atoms with Gasteiger partial charge in [-0.2, -0.15) is 9.98 Å². The van der Waals surface area contributed by atoms with Crippen LogP contribution in [0.3, 0.4) is 0 Å². The van der Waals surface area contributed by atoms with Gasteiger partial charge < -0.3 is 10.6 Å². The van der Waals surface area contributed by atoms with Crippen molar-refractivity contribution < 1.29 is 18.0 Å². The number of amides is 2. The Kier molecular flexibility index (Phi) is 9.95. The third kappa shape index (κ3) is 8.00. The molecule has 0 heterocycles. The minimum atomic E-state index is -4.01. The van der Waals surface area contributed by atoms with Crippen LogP contribution in [0.15, 0.2) is 89.8 Å². The van der Waals surface area contributed by atoms with Gasteiger partial charge in [0.05, 0.1) is 29.1 Å². The Morgan fingerprint density at radius 3 is 1.97 bits per heavy atom. The summed E-state index contributed by atoms with van der Waals surface area (Å²) in [6, 6.07) is 24.9. The predicted molar refractivity (Wildman–Crippen MR) is 141 cm³/mol. The number of sulfonamides is 1. The predicted octanol–water partition coefficient (Wildman–Crippen LogP) is 3.42. The molecular formula is C28H30N4O4S. The zero-order valence-corrected chi connectivity index (χ0v) is 21.4. The molecule has 37 heavy (non-hydrogen) atoms. The second kappa shape index (κ2) is 13.3. The van der Waals surface area contributed by atoms with E-state index in [1.807, 2.05) is 73.7 Å². The summed E-state index contributed by atoms with van der Waals surface area (Å²) in [6.45, 7) is 1.63. The van der Waals surface area contributed by atoms with Crippen LogP contribution in [0, 0.1) is 11.3 Å². The van der Waals surface area contributed by atoms with Crippen molar-refractivity contribution in [2.24, 2.45) is 0 Å². The average molecular weight is 519 g/mol.